The van der Waals surface area contributed by atoms with Gasteiger partial charge < -0.3 is 10.4 Å². The number of carboxylic acid groups (broad SMARTS) is 1. The molecule has 0 aliphatic rings. The number of hydrogen-bond acceptors (Lipinski definition) is 3. The normalized spacial score (nSPS) is 12.7. The van der Waals surface area contributed by atoms with Crippen LogP contribution in [0.25, 0.3) is 0 Å². The molecule has 128 valence electrons. The minimum atomic E-state index is -1.000. The lowest BCUT2D eigenvalue weighted by atomic mass is 9.83. The van der Waals surface area contributed by atoms with Crippen LogP contribution in [0.15, 0.2) is 36.7 Å². The number of nitrogens with zero attached hydrogens (tertiary/aromatic N) is 2. The second-order valence-corrected chi connectivity index (χ2v) is 7.00. The highest BCUT2D eigenvalue weighted by Crippen LogP contribution is 2.32. The first-order valence-electron chi connectivity index (χ1n) is 7.77. The van der Waals surface area contributed by atoms with Gasteiger partial charge in [0.25, 0.3) is 0 Å². The van der Waals surface area contributed by atoms with E-state index in [2.05, 4.69) is 31.2 Å². The number of aromatic carboxylic acids is 1. The maximum Gasteiger partial charge on any atom is 0.335 e. The Bertz CT molecular complexity index is 744. The van der Waals surface area contributed by atoms with Crippen molar-refractivity contribution in [3.8, 4) is 0 Å². The molecule has 0 spiro atoms. The first-order chi connectivity index (χ1) is 11.2. The molecular weight excluding hydrogens is 306 g/mol. The molecule has 0 bridgehead atoms. The molecule has 0 radical (unpaired) electrons. The minimum absolute atomic E-state index is 0.133. The van der Waals surface area contributed by atoms with E-state index in [0.29, 0.717) is 5.56 Å². The van der Waals surface area contributed by atoms with Crippen molar-refractivity contribution >= 4 is 11.9 Å². The van der Waals surface area contributed by atoms with Crippen molar-refractivity contribution in [3.63, 3.8) is 0 Å². The Balaban J connectivity index is 2.14. The molecule has 1 heterocycles. The van der Waals surface area contributed by atoms with Crippen molar-refractivity contribution in [2.24, 2.45) is 12.5 Å². The number of hydrogen-bond donors (Lipinski definition) is 2. The largest absolute Gasteiger partial charge is 0.478 e. The Morgan fingerprint density at radius 3 is 2.58 bits per heavy atom. The fourth-order valence-electron chi connectivity index (χ4n) is 2.60. The van der Waals surface area contributed by atoms with Crippen molar-refractivity contribution in [2.75, 3.05) is 0 Å². The molecule has 2 aromatic rings. The van der Waals surface area contributed by atoms with Crippen LogP contribution in [0.2, 0.25) is 0 Å². The summed E-state index contributed by atoms with van der Waals surface area (Å²) in [7, 11) is 1.84. The number of aromatic nitrogens is 2. The van der Waals surface area contributed by atoms with Crippen molar-refractivity contribution in [1.82, 2.24) is 15.1 Å². The number of amides is 1. The Kier molecular flexibility index (Phi) is 5.07. The molecule has 2 rings (SSSR count). The average molecular weight is 329 g/mol. The first-order valence-corrected chi connectivity index (χ1v) is 7.77. The van der Waals surface area contributed by atoms with Crippen LogP contribution < -0.4 is 5.32 Å². The number of nitrogens with one attached hydrogen (secondary N) is 1. The molecular formula is C18H23N3O3. The second kappa shape index (κ2) is 6.86. The summed E-state index contributed by atoms with van der Waals surface area (Å²) < 4.78 is 1.70. The summed E-state index contributed by atoms with van der Waals surface area (Å²) in [6.07, 6.45) is 3.77. The quantitative estimate of drug-likeness (QED) is 0.883. The van der Waals surface area contributed by atoms with Crippen LogP contribution in [-0.4, -0.2) is 26.8 Å². The number of aryl methyl sites for hydroxylation is 1. The third-order valence-corrected chi connectivity index (χ3v) is 3.77. The molecule has 1 unspecified atom stereocenters. The molecule has 1 aromatic heterocycles. The van der Waals surface area contributed by atoms with Gasteiger partial charge in [0, 0.05) is 18.8 Å². The van der Waals surface area contributed by atoms with Gasteiger partial charge in [-0.25, -0.2) is 4.79 Å². The van der Waals surface area contributed by atoms with Crippen LogP contribution in [0.1, 0.15) is 48.3 Å². The van der Waals surface area contributed by atoms with Gasteiger partial charge >= 0.3 is 5.97 Å². The van der Waals surface area contributed by atoms with E-state index in [0.717, 1.165) is 5.56 Å². The third kappa shape index (κ3) is 4.44. The molecule has 0 fully saturated rings. The smallest absolute Gasteiger partial charge is 0.335 e. The molecule has 6 heteroatoms. The van der Waals surface area contributed by atoms with Crippen LogP contribution in [0.3, 0.4) is 0 Å². The lowest BCUT2D eigenvalue weighted by Crippen LogP contribution is -2.37. The van der Waals surface area contributed by atoms with E-state index in [1.165, 1.54) is 12.1 Å². The van der Waals surface area contributed by atoms with Gasteiger partial charge in [-0.05, 0) is 23.1 Å². The molecule has 0 aliphatic carbocycles. The summed E-state index contributed by atoms with van der Waals surface area (Å²) in [6, 6.07) is 6.26. The molecule has 6 nitrogen and oxygen atoms in total. The van der Waals surface area contributed by atoms with E-state index in [-0.39, 0.29) is 29.3 Å². The minimum Gasteiger partial charge on any atom is -0.478 e. The predicted molar refractivity (Wildman–Crippen MR) is 90.7 cm³/mol. The van der Waals surface area contributed by atoms with Crippen LogP contribution in [0.5, 0.6) is 0 Å². The first kappa shape index (κ1) is 17.7. The van der Waals surface area contributed by atoms with Crippen molar-refractivity contribution in [2.45, 2.75) is 33.2 Å². The van der Waals surface area contributed by atoms with Crippen molar-refractivity contribution in [3.05, 3.63) is 53.3 Å². The number of carbonyl (C=O) groups excluding carboxylic acids is 1. The fraction of sp³-hybridized carbons (Fsp3) is 0.389. The summed E-state index contributed by atoms with van der Waals surface area (Å²) in [4.78, 5) is 23.5. The molecule has 0 saturated heterocycles. The predicted octanol–water partition coefficient (Wildman–Crippen LogP) is 2.56. The molecule has 0 saturated carbocycles. The monoisotopic (exact) mass is 329 g/mol. The van der Waals surface area contributed by atoms with Gasteiger partial charge in [-0.2, -0.15) is 5.10 Å². The van der Waals surface area contributed by atoms with Crippen LogP contribution in [-0.2, 0) is 18.3 Å². The number of carbonyl (C=O) groups is 2. The molecule has 1 aromatic carbocycles. The summed E-state index contributed by atoms with van der Waals surface area (Å²) in [5.41, 5.74) is 1.62. The number of carboxylic acids is 1. The molecule has 24 heavy (non-hydrogen) atoms. The lowest BCUT2D eigenvalue weighted by molar-refractivity contribution is -0.122. The highest BCUT2D eigenvalue weighted by atomic mass is 16.4. The third-order valence-electron chi connectivity index (χ3n) is 3.77. The van der Waals surface area contributed by atoms with E-state index in [4.69, 9.17) is 5.11 Å². The Hall–Kier alpha value is -2.63. The van der Waals surface area contributed by atoms with E-state index in [1.54, 1.807) is 23.0 Å². The van der Waals surface area contributed by atoms with E-state index < -0.39 is 5.97 Å². The molecule has 2 N–H and O–H groups in total. The summed E-state index contributed by atoms with van der Waals surface area (Å²) in [6.45, 7) is 6.15. The Labute approximate surface area is 141 Å². The van der Waals surface area contributed by atoms with Gasteiger partial charge in [0.1, 0.15) is 0 Å². The zero-order chi connectivity index (χ0) is 17.9. The van der Waals surface area contributed by atoms with Crippen LogP contribution in [0.4, 0.5) is 0 Å². The summed E-state index contributed by atoms with van der Waals surface area (Å²) in [5, 5.41) is 16.3. The van der Waals surface area contributed by atoms with Gasteiger partial charge in [-0.1, -0.05) is 32.9 Å². The highest BCUT2D eigenvalue weighted by molar-refractivity contribution is 5.88. The van der Waals surface area contributed by atoms with Gasteiger partial charge in [-0.15, -0.1) is 0 Å². The standard InChI is InChI=1S/C18H23N3O3/c1-18(2,3)16(14-10-19-21(4)11-14)20-15(22)9-12-6-5-7-13(8-12)17(23)24/h5-8,10-11,16H,9H2,1-4H3,(H,20,22)(H,23,24). The van der Waals surface area contributed by atoms with Gasteiger partial charge in [-0.3, -0.25) is 9.48 Å². The zero-order valence-electron chi connectivity index (χ0n) is 14.4. The van der Waals surface area contributed by atoms with Gasteiger partial charge in [0.05, 0.1) is 24.2 Å². The van der Waals surface area contributed by atoms with E-state index in [1.807, 2.05) is 13.2 Å². The molecule has 1 amide bonds. The zero-order valence-corrected chi connectivity index (χ0v) is 14.4. The highest BCUT2D eigenvalue weighted by Gasteiger charge is 2.28. The molecule has 0 aliphatic heterocycles. The van der Waals surface area contributed by atoms with Crippen LogP contribution in [0, 0.1) is 5.41 Å². The maximum atomic E-state index is 12.4. The number of benzene rings is 1. The fourth-order valence-corrected chi connectivity index (χ4v) is 2.60. The van der Waals surface area contributed by atoms with E-state index >= 15 is 0 Å². The maximum absolute atomic E-state index is 12.4. The van der Waals surface area contributed by atoms with Gasteiger partial charge in [0.15, 0.2) is 0 Å². The van der Waals surface area contributed by atoms with E-state index in [9.17, 15) is 9.59 Å². The van der Waals surface area contributed by atoms with Crippen molar-refractivity contribution in [1.29, 1.82) is 0 Å². The lowest BCUT2D eigenvalue weighted by Gasteiger charge is -2.31. The topological polar surface area (TPSA) is 84.2 Å². The summed E-state index contributed by atoms with van der Waals surface area (Å²) >= 11 is 0. The summed E-state index contributed by atoms with van der Waals surface area (Å²) in [5.74, 6) is -1.15. The Morgan fingerprint density at radius 1 is 1.33 bits per heavy atom. The Morgan fingerprint density at radius 2 is 2.04 bits per heavy atom. The average Bonchev–Trinajstić information content (AvgIpc) is 2.90. The SMILES string of the molecule is Cn1cc(C(NC(=O)Cc2cccc(C(=O)O)c2)C(C)(C)C)cn1. The number of rotatable bonds is 5. The van der Waals surface area contributed by atoms with Gasteiger partial charge in [0.2, 0.25) is 5.91 Å². The molecule has 1 atom stereocenters. The van der Waals surface area contributed by atoms with Crippen molar-refractivity contribution < 1.29 is 14.7 Å². The van der Waals surface area contributed by atoms with Crippen LogP contribution >= 0.6 is 0 Å². The second-order valence-electron chi connectivity index (χ2n) is 7.00.